The molecular weight excluding hydrogens is 280 g/mol. The van der Waals surface area contributed by atoms with E-state index in [1.165, 1.54) is 12.8 Å². The molecule has 2 aliphatic rings. The van der Waals surface area contributed by atoms with Gasteiger partial charge in [-0.05, 0) is 31.6 Å². The molecule has 0 saturated heterocycles. The Morgan fingerprint density at radius 1 is 1.14 bits per heavy atom. The maximum atomic E-state index is 12.3. The van der Waals surface area contributed by atoms with Crippen LogP contribution in [0, 0.1) is 5.92 Å². The van der Waals surface area contributed by atoms with E-state index in [4.69, 9.17) is 0 Å². The average Bonchev–Trinajstić information content (AvgIpc) is 3.20. The van der Waals surface area contributed by atoms with Crippen molar-refractivity contribution in [3.63, 3.8) is 0 Å². The highest BCUT2D eigenvalue weighted by Gasteiger charge is 2.23. The van der Waals surface area contributed by atoms with Crippen LogP contribution in [0.2, 0.25) is 0 Å². The number of hydrogen-bond acceptors (Lipinski definition) is 3. The smallest absolute Gasteiger partial charge is 0.274 e. The minimum atomic E-state index is -0.204. The molecule has 0 spiro atoms. The van der Waals surface area contributed by atoms with Gasteiger partial charge >= 0.3 is 0 Å². The fourth-order valence-electron chi connectivity index (χ4n) is 3.56. The van der Waals surface area contributed by atoms with E-state index >= 15 is 0 Å². The number of anilines is 1. The Morgan fingerprint density at radius 2 is 1.82 bits per heavy atom. The molecule has 1 aromatic heterocycles. The zero-order valence-electron chi connectivity index (χ0n) is 12.9. The highest BCUT2D eigenvalue weighted by Crippen LogP contribution is 2.28. The van der Waals surface area contributed by atoms with E-state index in [1.807, 2.05) is 0 Å². The van der Waals surface area contributed by atoms with E-state index in [-0.39, 0.29) is 23.6 Å². The largest absolute Gasteiger partial charge is 0.348 e. The predicted molar refractivity (Wildman–Crippen MR) is 83.5 cm³/mol. The van der Waals surface area contributed by atoms with Crippen molar-refractivity contribution in [3.05, 3.63) is 11.9 Å². The predicted octanol–water partition coefficient (Wildman–Crippen LogP) is 2.60. The number of nitrogens with zero attached hydrogens (tertiary/aromatic N) is 1. The van der Waals surface area contributed by atoms with Crippen molar-refractivity contribution < 1.29 is 9.59 Å². The first kappa shape index (κ1) is 15.1. The lowest BCUT2D eigenvalue weighted by molar-refractivity contribution is -0.117. The second kappa shape index (κ2) is 6.94. The molecule has 0 bridgehead atoms. The van der Waals surface area contributed by atoms with Crippen LogP contribution in [-0.2, 0) is 4.79 Å². The van der Waals surface area contributed by atoms with Crippen LogP contribution in [-0.4, -0.2) is 28.1 Å². The van der Waals surface area contributed by atoms with E-state index in [0.717, 1.165) is 38.5 Å². The molecule has 2 aliphatic carbocycles. The Balaban J connectivity index is 1.56. The van der Waals surface area contributed by atoms with Gasteiger partial charge in [-0.25, -0.2) is 0 Å². The molecule has 3 rings (SSSR count). The van der Waals surface area contributed by atoms with Crippen LogP contribution >= 0.6 is 0 Å². The maximum absolute atomic E-state index is 12.3. The molecule has 0 unspecified atom stereocenters. The van der Waals surface area contributed by atoms with Gasteiger partial charge < -0.3 is 10.6 Å². The van der Waals surface area contributed by atoms with E-state index in [2.05, 4.69) is 20.8 Å². The number of carbonyl (C=O) groups is 2. The van der Waals surface area contributed by atoms with Crippen LogP contribution in [0.15, 0.2) is 6.20 Å². The van der Waals surface area contributed by atoms with Crippen molar-refractivity contribution in [2.75, 3.05) is 5.32 Å². The van der Waals surface area contributed by atoms with Gasteiger partial charge in [-0.15, -0.1) is 0 Å². The molecule has 0 aromatic carbocycles. The summed E-state index contributed by atoms with van der Waals surface area (Å²) in [6, 6.07) is 0.242. The highest BCUT2D eigenvalue weighted by atomic mass is 16.2. The summed E-state index contributed by atoms with van der Waals surface area (Å²) in [6.45, 7) is 0. The molecule has 120 valence electrons. The molecule has 2 amide bonds. The lowest BCUT2D eigenvalue weighted by Gasteiger charge is -2.12. The molecule has 6 heteroatoms. The topological polar surface area (TPSA) is 86.9 Å². The Labute approximate surface area is 130 Å². The first-order chi connectivity index (χ1) is 10.7. The fraction of sp³-hybridized carbons (Fsp3) is 0.688. The van der Waals surface area contributed by atoms with Crippen molar-refractivity contribution in [2.24, 2.45) is 5.92 Å². The Kier molecular flexibility index (Phi) is 4.75. The molecule has 1 heterocycles. The summed E-state index contributed by atoms with van der Waals surface area (Å²) in [5.41, 5.74) is 0.769. The van der Waals surface area contributed by atoms with Crippen molar-refractivity contribution in [1.29, 1.82) is 0 Å². The molecule has 0 aliphatic heterocycles. The molecule has 22 heavy (non-hydrogen) atoms. The second-order valence-corrected chi connectivity index (χ2v) is 6.51. The van der Waals surface area contributed by atoms with Crippen molar-refractivity contribution in [1.82, 2.24) is 15.5 Å². The summed E-state index contributed by atoms with van der Waals surface area (Å²) in [5, 5.41) is 12.5. The third-order valence-electron chi connectivity index (χ3n) is 4.77. The number of aromatic amines is 1. The van der Waals surface area contributed by atoms with Crippen LogP contribution in [0.1, 0.15) is 68.3 Å². The maximum Gasteiger partial charge on any atom is 0.274 e. The number of nitrogens with one attached hydrogen (secondary N) is 3. The molecular formula is C16H24N4O2. The highest BCUT2D eigenvalue weighted by molar-refractivity contribution is 6.02. The monoisotopic (exact) mass is 304 g/mol. The number of aromatic nitrogens is 2. The standard InChI is InChI=1S/C16H24N4O2/c21-14(9-11-5-1-2-6-11)19-13-10-17-20-15(13)16(22)18-12-7-3-4-8-12/h10-12H,1-9H2,(H,17,20)(H,18,22)(H,19,21). The second-order valence-electron chi connectivity index (χ2n) is 6.51. The molecule has 0 radical (unpaired) electrons. The zero-order chi connectivity index (χ0) is 15.4. The van der Waals surface area contributed by atoms with Crippen LogP contribution in [0.5, 0.6) is 0 Å². The molecule has 6 nitrogen and oxygen atoms in total. The molecule has 0 atom stereocenters. The first-order valence-corrected chi connectivity index (χ1v) is 8.37. The summed E-state index contributed by atoms with van der Waals surface area (Å²) < 4.78 is 0. The van der Waals surface area contributed by atoms with E-state index in [0.29, 0.717) is 18.0 Å². The van der Waals surface area contributed by atoms with Crippen LogP contribution in [0.25, 0.3) is 0 Å². The third kappa shape index (κ3) is 3.67. The van der Waals surface area contributed by atoms with Crippen molar-refractivity contribution in [3.8, 4) is 0 Å². The Morgan fingerprint density at radius 3 is 2.55 bits per heavy atom. The average molecular weight is 304 g/mol. The Hall–Kier alpha value is -1.85. The van der Waals surface area contributed by atoms with Crippen LogP contribution in [0.4, 0.5) is 5.69 Å². The van der Waals surface area contributed by atoms with Gasteiger partial charge in [0.2, 0.25) is 5.91 Å². The molecule has 1 aromatic rings. The van der Waals surface area contributed by atoms with Crippen LogP contribution < -0.4 is 10.6 Å². The van der Waals surface area contributed by atoms with Gasteiger partial charge in [0.25, 0.3) is 5.91 Å². The normalized spacial score (nSPS) is 19.5. The van der Waals surface area contributed by atoms with Gasteiger partial charge in [0.15, 0.2) is 5.69 Å². The van der Waals surface area contributed by atoms with Gasteiger partial charge in [-0.2, -0.15) is 5.10 Å². The number of carbonyl (C=O) groups excluding carboxylic acids is 2. The van der Waals surface area contributed by atoms with Crippen molar-refractivity contribution in [2.45, 2.75) is 63.8 Å². The van der Waals surface area contributed by atoms with Gasteiger partial charge in [0.05, 0.1) is 5.69 Å². The minimum Gasteiger partial charge on any atom is -0.348 e. The minimum absolute atomic E-state index is 0.0248. The molecule has 2 saturated carbocycles. The zero-order valence-corrected chi connectivity index (χ0v) is 12.9. The van der Waals surface area contributed by atoms with E-state index < -0.39 is 0 Å². The van der Waals surface area contributed by atoms with Crippen molar-refractivity contribution >= 4 is 17.5 Å². The van der Waals surface area contributed by atoms with E-state index in [1.54, 1.807) is 6.20 Å². The number of hydrogen-bond donors (Lipinski definition) is 3. The number of rotatable bonds is 5. The fourth-order valence-corrected chi connectivity index (χ4v) is 3.56. The third-order valence-corrected chi connectivity index (χ3v) is 4.77. The summed E-state index contributed by atoms with van der Waals surface area (Å²) >= 11 is 0. The first-order valence-electron chi connectivity index (χ1n) is 8.37. The number of H-pyrrole nitrogens is 1. The Bertz CT molecular complexity index is 528. The molecule has 2 fully saturated rings. The lowest BCUT2D eigenvalue weighted by Crippen LogP contribution is -2.33. The quantitative estimate of drug-likeness (QED) is 0.781. The lowest BCUT2D eigenvalue weighted by atomic mass is 10.0. The van der Waals surface area contributed by atoms with Gasteiger partial charge in [0, 0.05) is 18.7 Å². The molecule has 3 N–H and O–H groups in total. The summed E-state index contributed by atoms with van der Waals surface area (Å²) in [6.07, 6.45) is 11.2. The SMILES string of the molecule is O=C(CC1CCCC1)Nc1c[nH]nc1C(=O)NC1CCCC1. The van der Waals surface area contributed by atoms with Gasteiger partial charge in [-0.1, -0.05) is 25.7 Å². The van der Waals surface area contributed by atoms with E-state index in [9.17, 15) is 9.59 Å². The summed E-state index contributed by atoms with van der Waals surface area (Å²) in [5.74, 6) is 0.259. The summed E-state index contributed by atoms with van der Waals surface area (Å²) in [7, 11) is 0. The van der Waals surface area contributed by atoms with Gasteiger partial charge in [0.1, 0.15) is 0 Å². The van der Waals surface area contributed by atoms with Crippen LogP contribution in [0.3, 0.4) is 0 Å². The van der Waals surface area contributed by atoms with Gasteiger partial charge in [-0.3, -0.25) is 14.7 Å². The summed E-state index contributed by atoms with van der Waals surface area (Å²) in [4.78, 5) is 24.4. The number of amides is 2.